The Balaban J connectivity index is 3.61. The Bertz CT molecular complexity index is 221. The van der Waals surface area contributed by atoms with Gasteiger partial charge in [0.05, 0.1) is 0 Å². The predicted octanol–water partition coefficient (Wildman–Crippen LogP) is 0.575. The van der Waals surface area contributed by atoms with Gasteiger partial charge in [-0.1, -0.05) is 6.92 Å². The van der Waals surface area contributed by atoms with E-state index in [-0.39, 0.29) is 0 Å². The highest BCUT2D eigenvalue weighted by molar-refractivity contribution is 5.82. The SMILES string of the molecule is CCOCCCNC(=O)N[C@@H](CC)C(=O)O. The van der Waals surface area contributed by atoms with Crippen molar-refractivity contribution >= 4 is 12.0 Å². The molecule has 0 fully saturated rings. The van der Waals surface area contributed by atoms with Crippen molar-refractivity contribution in [2.75, 3.05) is 19.8 Å². The molecule has 0 aliphatic heterocycles. The van der Waals surface area contributed by atoms with Gasteiger partial charge in [0.15, 0.2) is 0 Å². The topological polar surface area (TPSA) is 87.7 Å². The molecule has 0 spiro atoms. The average Bonchev–Trinajstić information content (AvgIpc) is 2.25. The number of carbonyl (C=O) groups is 2. The zero-order chi connectivity index (χ0) is 12.4. The van der Waals surface area contributed by atoms with Gasteiger partial charge in [-0.25, -0.2) is 9.59 Å². The summed E-state index contributed by atoms with van der Waals surface area (Å²) < 4.78 is 5.09. The summed E-state index contributed by atoms with van der Waals surface area (Å²) in [6, 6.07) is -1.28. The van der Waals surface area contributed by atoms with Crippen LogP contribution in [0.1, 0.15) is 26.7 Å². The van der Waals surface area contributed by atoms with Gasteiger partial charge in [-0.15, -0.1) is 0 Å². The van der Waals surface area contributed by atoms with E-state index in [1.807, 2.05) is 6.92 Å². The fourth-order valence-electron chi connectivity index (χ4n) is 1.07. The van der Waals surface area contributed by atoms with Gasteiger partial charge in [0, 0.05) is 19.8 Å². The van der Waals surface area contributed by atoms with Crippen LogP contribution in [0.5, 0.6) is 0 Å². The summed E-state index contributed by atoms with van der Waals surface area (Å²) in [6.45, 7) is 5.32. The van der Waals surface area contributed by atoms with E-state index in [0.29, 0.717) is 32.6 Å². The van der Waals surface area contributed by atoms with Crippen LogP contribution in [0.15, 0.2) is 0 Å². The molecule has 0 aromatic rings. The van der Waals surface area contributed by atoms with Crippen LogP contribution in [-0.2, 0) is 9.53 Å². The molecule has 0 aliphatic carbocycles. The fourth-order valence-corrected chi connectivity index (χ4v) is 1.07. The first-order valence-electron chi connectivity index (χ1n) is 5.46. The molecular formula is C10H20N2O4. The van der Waals surface area contributed by atoms with Crippen LogP contribution < -0.4 is 10.6 Å². The van der Waals surface area contributed by atoms with Gasteiger partial charge in [-0.3, -0.25) is 0 Å². The highest BCUT2D eigenvalue weighted by atomic mass is 16.5. The molecule has 0 aromatic heterocycles. The normalized spacial score (nSPS) is 11.9. The second kappa shape index (κ2) is 8.96. The van der Waals surface area contributed by atoms with E-state index in [9.17, 15) is 9.59 Å². The zero-order valence-electron chi connectivity index (χ0n) is 9.78. The standard InChI is InChI=1S/C10H20N2O4/c1-3-8(9(13)14)12-10(15)11-6-5-7-16-4-2/h8H,3-7H2,1-2H3,(H,13,14)(H2,11,12,15)/t8-/m0/s1. The van der Waals surface area contributed by atoms with Gasteiger partial charge < -0.3 is 20.5 Å². The van der Waals surface area contributed by atoms with Crippen LogP contribution in [-0.4, -0.2) is 42.9 Å². The fraction of sp³-hybridized carbons (Fsp3) is 0.800. The Morgan fingerprint density at radius 1 is 1.38 bits per heavy atom. The van der Waals surface area contributed by atoms with E-state index in [2.05, 4.69) is 10.6 Å². The maximum absolute atomic E-state index is 11.2. The van der Waals surface area contributed by atoms with E-state index >= 15 is 0 Å². The van der Waals surface area contributed by atoms with Crippen LogP contribution in [0.4, 0.5) is 4.79 Å². The third-order valence-electron chi connectivity index (χ3n) is 1.97. The van der Waals surface area contributed by atoms with Gasteiger partial charge in [-0.2, -0.15) is 0 Å². The maximum atomic E-state index is 11.2. The summed E-state index contributed by atoms with van der Waals surface area (Å²) in [7, 11) is 0. The second-order valence-corrected chi connectivity index (χ2v) is 3.25. The third kappa shape index (κ3) is 7.05. The lowest BCUT2D eigenvalue weighted by molar-refractivity contribution is -0.139. The van der Waals surface area contributed by atoms with E-state index < -0.39 is 18.0 Å². The maximum Gasteiger partial charge on any atom is 0.326 e. The number of carbonyl (C=O) groups excluding carboxylic acids is 1. The molecule has 0 rings (SSSR count). The summed E-state index contributed by atoms with van der Waals surface area (Å²) >= 11 is 0. The van der Waals surface area contributed by atoms with E-state index in [1.165, 1.54) is 0 Å². The van der Waals surface area contributed by atoms with Crippen molar-refractivity contribution in [3.63, 3.8) is 0 Å². The minimum atomic E-state index is -1.02. The van der Waals surface area contributed by atoms with Crippen LogP contribution in [0.2, 0.25) is 0 Å². The molecule has 2 amide bonds. The predicted molar refractivity (Wildman–Crippen MR) is 59.4 cm³/mol. The summed E-state index contributed by atoms with van der Waals surface area (Å²) in [5.74, 6) is -1.02. The minimum absolute atomic E-state index is 0.363. The third-order valence-corrected chi connectivity index (χ3v) is 1.97. The molecule has 0 saturated heterocycles. The monoisotopic (exact) mass is 232 g/mol. The molecule has 0 bridgehead atoms. The van der Waals surface area contributed by atoms with E-state index in [4.69, 9.17) is 9.84 Å². The van der Waals surface area contributed by atoms with Crippen molar-refractivity contribution in [3.05, 3.63) is 0 Å². The van der Waals surface area contributed by atoms with Gasteiger partial charge in [0.1, 0.15) is 6.04 Å². The second-order valence-electron chi connectivity index (χ2n) is 3.25. The Hall–Kier alpha value is -1.30. The average molecular weight is 232 g/mol. The highest BCUT2D eigenvalue weighted by Gasteiger charge is 2.16. The molecule has 0 unspecified atom stereocenters. The molecular weight excluding hydrogens is 212 g/mol. The van der Waals surface area contributed by atoms with Gasteiger partial charge in [0.2, 0.25) is 0 Å². The number of hydrogen-bond donors (Lipinski definition) is 3. The molecule has 6 heteroatoms. The summed E-state index contributed by atoms with van der Waals surface area (Å²) in [4.78, 5) is 21.8. The lowest BCUT2D eigenvalue weighted by atomic mass is 10.2. The molecule has 16 heavy (non-hydrogen) atoms. The van der Waals surface area contributed by atoms with Gasteiger partial charge >= 0.3 is 12.0 Å². The minimum Gasteiger partial charge on any atom is -0.480 e. The Morgan fingerprint density at radius 3 is 2.56 bits per heavy atom. The largest absolute Gasteiger partial charge is 0.480 e. The molecule has 0 saturated carbocycles. The smallest absolute Gasteiger partial charge is 0.326 e. The Kier molecular flexibility index (Phi) is 8.24. The molecule has 94 valence electrons. The number of rotatable bonds is 8. The van der Waals surface area contributed by atoms with E-state index in [0.717, 1.165) is 0 Å². The Morgan fingerprint density at radius 2 is 2.06 bits per heavy atom. The summed E-state index contributed by atoms with van der Waals surface area (Å²) in [5.41, 5.74) is 0. The van der Waals surface area contributed by atoms with Crippen molar-refractivity contribution in [1.29, 1.82) is 0 Å². The number of amides is 2. The van der Waals surface area contributed by atoms with Crippen LogP contribution >= 0.6 is 0 Å². The van der Waals surface area contributed by atoms with Crippen molar-refractivity contribution in [2.45, 2.75) is 32.7 Å². The highest BCUT2D eigenvalue weighted by Crippen LogP contribution is 1.90. The van der Waals surface area contributed by atoms with Crippen LogP contribution in [0.25, 0.3) is 0 Å². The van der Waals surface area contributed by atoms with Gasteiger partial charge in [0.25, 0.3) is 0 Å². The van der Waals surface area contributed by atoms with Crippen molar-refractivity contribution in [2.24, 2.45) is 0 Å². The first kappa shape index (κ1) is 14.7. The molecule has 0 aliphatic rings. The van der Waals surface area contributed by atoms with Crippen LogP contribution in [0, 0.1) is 0 Å². The number of aliphatic carboxylic acids is 1. The van der Waals surface area contributed by atoms with Crippen LogP contribution in [0.3, 0.4) is 0 Å². The van der Waals surface area contributed by atoms with Crippen molar-refractivity contribution < 1.29 is 19.4 Å². The molecule has 6 nitrogen and oxygen atoms in total. The van der Waals surface area contributed by atoms with Crippen molar-refractivity contribution in [1.82, 2.24) is 10.6 Å². The first-order chi connectivity index (χ1) is 7.61. The number of urea groups is 1. The molecule has 0 aromatic carbocycles. The van der Waals surface area contributed by atoms with E-state index in [1.54, 1.807) is 6.92 Å². The molecule has 0 heterocycles. The first-order valence-corrected chi connectivity index (χ1v) is 5.46. The lowest BCUT2D eigenvalue weighted by Crippen LogP contribution is -2.45. The van der Waals surface area contributed by atoms with Crippen molar-refractivity contribution in [3.8, 4) is 0 Å². The number of carboxylic acids is 1. The quantitative estimate of drug-likeness (QED) is 0.534. The zero-order valence-corrected chi connectivity index (χ0v) is 9.78. The number of ether oxygens (including phenoxy) is 1. The number of nitrogens with one attached hydrogen (secondary N) is 2. The number of carboxylic acid groups (broad SMARTS) is 1. The number of hydrogen-bond acceptors (Lipinski definition) is 3. The summed E-state index contributed by atoms with van der Waals surface area (Å²) in [6.07, 6.45) is 1.08. The molecule has 1 atom stereocenters. The lowest BCUT2D eigenvalue weighted by Gasteiger charge is -2.12. The summed E-state index contributed by atoms with van der Waals surface area (Å²) in [5, 5.41) is 13.6. The van der Waals surface area contributed by atoms with Gasteiger partial charge in [-0.05, 0) is 19.8 Å². The molecule has 3 N–H and O–H groups in total. The Labute approximate surface area is 95.4 Å². The molecule has 0 radical (unpaired) electrons.